The van der Waals surface area contributed by atoms with Gasteiger partial charge in [0.1, 0.15) is 0 Å². The Kier molecular flexibility index (Phi) is 6.11. The van der Waals surface area contributed by atoms with Crippen LogP contribution in [0.1, 0.15) is 60.0 Å². The third-order valence-electron chi connectivity index (χ3n) is 5.91. The topological polar surface area (TPSA) is 32.3 Å². The van der Waals surface area contributed by atoms with Crippen LogP contribution in [0.4, 0.5) is 5.69 Å². The number of allylic oxidation sites excluding steroid dienone is 1. The van der Waals surface area contributed by atoms with Crippen LogP contribution in [0.5, 0.6) is 0 Å². The first-order chi connectivity index (χ1) is 13.8. The van der Waals surface area contributed by atoms with E-state index < -0.39 is 0 Å². The van der Waals surface area contributed by atoms with Crippen LogP contribution in [0.3, 0.4) is 0 Å². The van der Waals surface area contributed by atoms with E-state index >= 15 is 0 Å². The lowest BCUT2D eigenvalue weighted by Crippen LogP contribution is -2.28. The van der Waals surface area contributed by atoms with E-state index in [0.29, 0.717) is 0 Å². The van der Waals surface area contributed by atoms with Gasteiger partial charge in [0, 0.05) is 30.9 Å². The molecule has 28 heavy (non-hydrogen) atoms. The van der Waals surface area contributed by atoms with E-state index in [0.717, 1.165) is 31.6 Å². The summed E-state index contributed by atoms with van der Waals surface area (Å²) in [5, 5.41) is 3.07. The van der Waals surface area contributed by atoms with Crippen LogP contribution < -0.4 is 10.2 Å². The minimum Gasteiger partial charge on any atom is -0.367 e. The lowest BCUT2D eigenvalue weighted by molar-refractivity contribution is 0.0954. The van der Waals surface area contributed by atoms with Crippen molar-refractivity contribution in [2.75, 3.05) is 18.0 Å². The molecule has 1 heterocycles. The van der Waals surface area contributed by atoms with Gasteiger partial charge in [0.15, 0.2) is 0 Å². The molecule has 2 aliphatic rings. The average Bonchev–Trinajstić information content (AvgIpc) is 2.75. The van der Waals surface area contributed by atoms with Gasteiger partial charge < -0.3 is 10.2 Å². The zero-order valence-electron chi connectivity index (χ0n) is 16.6. The summed E-state index contributed by atoms with van der Waals surface area (Å²) in [6.07, 6.45) is 10.7. The predicted octanol–water partition coefficient (Wildman–Crippen LogP) is 5.26. The molecule has 1 aliphatic carbocycles. The third kappa shape index (κ3) is 4.64. The Hall–Kier alpha value is -2.55. The number of fused-ring (bicyclic) bond motifs is 1. The number of hydrogen-bond acceptors (Lipinski definition) is 2. The fourth-order valence-electron chi connectivity index (χ4n) is 4.33. The summed E-state index contributed by atoms with van der Waals surface area (Å²) < 4.78 is 0. The molecule has 0 radical (unpaired) electrons. The highest BCUT2D eigenvalue weighted by Gasteiger charge is 2.16. The summed E-state index contributed by atoms with van der Waals surface area (Å²) in [5.74, 6) is 0.0336. The second-order valence-corrected chi connectivity index (χ2v) is 7.96. The second-order valence-electron chi connectivity index (χ2n) is 7.96. The van der Waals surface area contributed by atoms with E-state index in [2.05, 4.69) is 52.7 Å². The molecule has 2 aromatic carbocycles. The first-order valence-electron chi connectivity index (χ1n) is 10.7. The fraction of sp³-hybridized carbons (Fsp3) is 0.400. The van der Waals surface area contributed by atoms with Gasteiger partial charge in [-0.3, -0.25) is 4.79 Å². The Morgan fingerprint density at radius 3 is 2.64 bits per heavy atom. The average molecular weight is 375 g/mol. The van der Waals surface area contributed by atoms with E-state index in [-0.39, 0.29) is 5.91 Å². The molecule has 0 bridgehead atoms. The van der Waals surface area contributed by atoms with Crippen LogP contribution in [-0.2, 0) is 13.0 Å². The van der Waals surface area contributed by atoms with Gasteiger partial charge in [-0.1, -0.05) is 42.0 Å². The number of amides is 1. The number of nitrogens with one attached hydrogen (secondary N) is 1. The number of aryl methyl sites for hydroxylation is 1. The molecule has 0 unspecified atom stereocenters. The summed E-state index contributed by atoms with van der Waals surface area (Å²) in [4.78, 5) is 14.9. The maximum atomic E-state index is 12.4. The van der Waals surface area contributed by atoms with Gasteiger partial charge in [0.2, 0.25) is 0 Å². The first-order valence-corrected chi connectivity index (χ1v) is 10.7. The molecule has 0 saturated heterocycles. The van der Waals surface area contributed by atoms with Crippen LogP contribution in [-0.4, -0.2) is 19.0 Å². The lowest BCUT2D eigenvalue weighted by atomic mass is 9.97. The first kappa shape index (κ1) is 18.8. The molecule has 1 amide bonds. The minimum atomic E-state index is 0.0336. The summed E-state index contributed by atoms with van der Waals surface area (Å²) >= 11 is 0. The number of para-hydroxylation sites is 1. The van der Waals surface area contributed by atoms with E-state index in [9.17, 15) is 4.79 Å². The highest BCUT2D eigenvalue weighted by molar-refractivity contribution is 5.94. The van der Waals surface area contributed by atoms with Gasteiger partial charge in [-0.25, -0.2) is 0 Å². The van der Waals surface area contributed by atoms with Crippen molar-refractivity contribution in [3.8, 4) is 0 Å². The zero-order chi connectivity index (χ0) is 19.2. The lowest BCUT2D eigenvalue weighted by Gasteiger charge is -2.31. The monoisotopic (exact) mass is 374 g/mol. The summed E-state index contributed by atoms with van der Waals surface area (Å²) in [6.45, 7) is 2.72. The fourth-order valence-corrected chi connectivity index (χ4v) is 4.33. The van der Waals surface area contributed by atoms with Crippen LogP contribution in [0.25, 0.3) is 0 Å². The van der Waals surface area contributed by atoms with Crippen molar-refractivity contribution >= 4 is 11.6 Å². The van der Waals surface area contributed by atoms with Crippen LogP contribution in [0, 0.1) is 0 Å². The molecule has 3 nitrogen and oxygen atoms in total. The number of nitrogens with zero attached hydrogens (tertiary/aromatic N) is 1. The number of carbonyl (C=O) groups excluding carboxylic acids is 1. The molecule has 1 aliphatic heterocycles. The maximum absolute atomic E-state index is 12.4. The van der Waals surface area contributed by atoms with Gasteiger partial charge in [-0.2, -0.15) is 0 Å². The van der Waals surface area contributed by atoms with Gasteiger partial charge in [0.25, 0.3) is 5.91 Å². The zero-order valence-corrected chi connectivity index (χ0v) is 16.6. The van der Waals surface area contributed by atoms with E-state index in [4.69, 9.17) is 0 Å². The molecule has 2 aromatic rings. The summed E-state index contributed by atoms with van der Waals surface area (Å²) in [6, 6.07) is 16.8. The molecule has 4 rings (SSSR count). The number of carbonyl (C=O) groups is 1. The van der Waals surface area contributed by atoms with Crippen molar-refractivity contribution in [2.45, 2.75) is 51.5 Å². The Morgan fingerprint density at radius 2 is 1.82 bits per heavy atom. The van der Waals surface area contributed by atoms with Gasteiger partial charge in [-0.15, -0.1) is 0 Å². The molecule has 0 spiro atoms. The number of benzene rings is 2. The number of hydrogen-bond donors (Lipinski definition) is 1. The van der Waals surface area contributed by atoms with Crippen molar-refractivity contribution in [1.82, 2.24) is 5.32 Å². The molecule has 0 saturated carbocycles. The molecule has 3 heteroatoms. The summed E-state index contributed by atoms with van der Waals surface area (Å²) in [5.41, 5.74) is 6.30. The summed E-state index contributed by atoms with van der Waals surface area (Å²) in [7, 11) is 0. The molecule has 0 aromatic heterocycles. The SMILES string of the molecule is O=C(NCCC1=CCCCC1)c1ccc(CN2CCCc3ccccc32)cc1. The molecule has 0 atom stereocenters. The maximum Gasteiger partial charge on any atom is 0.251 e. The van der Waals surface area contributed by atoms with Gasteiger partial charge in [0.05, 0.1) is 0 Å². The number of rotatable bonds is 6. The van der Waals surface area contributed by atoms with E-state index in [1.165, 1.54) is 60.9 Å². The van der Waals surface area contributed by atoms with E-state index in [1.54, 1.807) is 0 Å². The minimum absolute atomic E-state index is 0.0336. The van der Waals surface area contributed by atoms with Crippen molar-refractivity contribution in [3.05, 3.63) is 76.9 Å². The molecule has 146 valence electrons. The molecular formula is C25H30N2O. The third-order valence-corrected chi connectivity index (χ3v) is 5.91. The van der Waals surface area contributed by atoms with Gasteiger partial charge >= 0.3 is 0 Å². The molecular weight excluding hydrogens is 344 g/mol. The Balaban J connectivity index is 1.31. The molecule has 0 fully saturated rings. The molecule has 1 N–H and O–H groups in total. The van der Waals surface area contributed by atoms with Crippen molar-refractivity contribution < 1.29 is 4.79 Å². The predicted molar refractivity (Wildman–Crippen MR) is 116 cm³/mol. The Labute approximate surface area is 168 Å². The highest BCUT2D eigenvalue weighted by atomic mass is 16.1. The van der Waals surface area contributed by atoms with Crippen LogP contribution in [0.2, 0.25) is 0 Å². The van der Waals surface area contributed by atoms with Crippen molar-refractivity contribution in [3.63, 3.8) is 0 Å². The number of anilines is 1. The normalized spacial score (nSPS) is 16.3. The largest absolute Gasteiger partial charge is 0.367 e. The quantitative estimate of drug-likeness (QED) is 0.700. The highest BCUT2D eigenvalue weighted by Crippen LogP contribution is 2.28. The van der Waals surface area contributed by atoms with Crippen molar-refractivity contribution in [1.29, 1.82) is 0 Å². The van der Waals surface area contributed by atoms with Gasteiger partial charge in [-0.05, 0) is 74.3 Å². The van der Waals surface area contributed by atoms with Crippen molar-refractivity contribution in [2.24, 2.45) is 0 Å². The van der Waals surface area contributed by atoms with Crippen LogP contribution in [0.15, 0.2) is 60.2 Å². The Morgan fingerprint density at radius 1 is 0.964 bits per heavy atom. The Bertz CT molecular complexity index is 838. The standard InChI is InChI=1S/C25H30N2O/c28-25(26-17-16-20-7-2-1-3-8-20)23-14-12-21(13-15-23)19-27-18-6-10-22-9-4-5-11-24(22)27/h4-5,7,9,11-15H,1-3,6,8,10,16-19H2,(H,26,28). The van der Waals surface area contributed by atoms with Crippen LogP contribution >= 0.6 is 0 Å². The van der Waals surface area contributed by atoms with E-state index in [1.807, 2.05) is 12.1 Å². The smallest absolute Gasteiger partial charge is 0.251 e. The second kappa shape index (κ2) is 9.09.